The van der Waals surface area contributed by atoms with Crippen LogP contribution in [0, 0.1) is 0 Å². The second-order valence-electron chi connectivity index (χ2n) is 3.94. The van der Waals surface area contributed by atoms with Gasteiger partial charge in [-0.05, 0) is 37.1 Å². The van der Waals surface area contributed by atoms with Crippen molar-refractivity contribution in [1.82, 2.24) is 5.32 Å². The second-order valence-corrected chi connectivity index (χ2v) is 4.79. The number of hydrogen-bond acceptors (Lipinski definition) is 2. The van der Waals surface area contributed by atoms with Crippen LogP contribution >= 0.6 is 15.9 Å². The maximum Gasteiger partial charge on any atom is 0.0727 e. The van der Waals surface area contributed by atoms with Gasteiger partial charge in [0.2, 0.25) is 0 Å². The standard InChI is InChI=1S/C14H20BrNO/c1-3-4-5-8-17-11-13-7-6-12(10-16-2)9-14(13)15/h3,6-7,9,16H,1,4-5,8,10-11H2,2H3. The molecule has 0 saturated heterocycles. The smallest absolute Gasteiger partial charge is 0.0727 e. The van der Waals surface area contributed by atoms with Gasteiger partial charge in [-0.2, -0.15) is 0 Å². The zero-order valence-corrected chi connectivity index (χ0v) is 11.9. The number of benzene rings is 1. The molecule has 1 aromatic rings. The number of ether oxygens (including phenoxy) is 1. The van der Waals surface area contributed by atoms with Crippen LogP contribution in [0.5, 0.6) is 0 Å². The molecule has 0 heterocycles. The Balaban J connectivity index is 2.40. The van der Waals surface area contributed by atoms with Crippen LogP contribution in [0.3, 0.4) is 0 Å². The molecule has 0 fully saturated rings. The molecule has 1 rings (SSSR count). The average molecular weight is 298 g/mol. The molecule has 94 valence electrons. The monoisotopic (exact) mass is 297 g/mol. The zero-order chi connectivity index (χ0) is 12.5. The predicted molar refractivity (Wildman–Crippen MR) is 76.0 cm³/mol. The number of nitrogens with one attached hydrogen (secondary N) is 1. The summed E-state index contributed by atoms with van der Waals surface area (Å²) in [6, 6.07) is 6.38. The van der Waals surface area contributed by atoms with Gasteiger partial charge in [-0.25, -0.2) is 0 Å². The summed E-state index contributed by atoms with van der Waals surface area (Å²) in [4.78, 5) is 0. The molecule has 0 amide bonds. The number of hydrogen-bond donors (Lipinski definition) is 1. The fraction of sp³-hybridized carbons (Fsp3) is 0.429. The highest BCUT2D eigenvalue weighted by Crippen LogP contribution is 2.19. The maximum atomic E-state index is 5.61. The molecule has 0 atom stereocenters. The van der Waals surface area contributed by atoms with Crippen molar-refractivity contribution in [3.8, 4) is 0 Å². The van der Waals surface area contributed by atoms with E-state index in [0.717, 1.165) is 30.5 Å². The third-order valence-electron chi connectivity index (χ3n) is 2.45. The molecule has 1 N–H and O–H groups in total. The van der Waals surface area contributed by atoms with Crippen LogP contribution in [0.25, 0.3) is 0 Å². The molecule has 0 saturated carbocycles. The molecule has 2 nitrogen and oxygen atoms in total. The summed E-state index contributed by atoms with van der Waals surface area (Å²) in [5, 5.41) is 3.14. The van der Waals surface area contributed by atoms with Crippen LogP contribution in [-0.2, 0) is 17.9 Å². The van der Waals surface area contributed by atoms with Gasteiger partial charge < -0.3 is 10.1 Å². The molecule has 1 aromatic carbocycles. The van der Waals surface area contributed by atoms with Gasteiger partial charge in [0.05, 0.1) is 6.61 Å². The Morgan fingerprint density at radius 1 is 1.47 bits per heavy atom. The topological polar surface area (TPSA) is 21.3 Å². The minimum absolute atomic E-state index is 0.664. The van der Waals surface area contributed by atoms with Crippen LogP contribution in [0.4, 0.5) is 0 Å². The van der Waals surface area contributed by atoms with E-state index in [9.17, 15) is 0 Å². The third kappa shape index (κ3) is 5.48. The molecule has 0 bridgehead atoms. The van der Waals surface area contributed by atoms with E-state index < -0.39 is 0 Å². The minimum atomic E-state index is 0.664. The minimum Gasteiger partial charge on any atom is -0.377 e. The van der Waals surface area contributed by atoms with Crippen molar-refractivity contribution in [2.24, 2.45) is 0 Å². The molecule has 3 heteroatoms. The zero-order valence-electron chi connectivity index (χ0n) is 10.3. The van der Waals surface area contributed by atoms with Crippen LogP contribution < -0.4 is 5.32 Å². The first kappa shape index (κ1) is 14.4. The predicted octanol–water partition coefficient (Wildman–Crippen LogP) is 3.65. The summed E-state index contributed by atoms with van der Waals surface area (Å²) < 4.78 is 6.73. The number of rotatable bonds is 8. The van der Waals surface area contributed by atoms with Gasteiger partial charge >= 0.3 is 0 Å². The van der Waals surface area contributed by atoms with E-state index in [1.165, 1.54) is 11.1 Å². The molecular formula is C14H20BrNO. The van der Waals surface area contributed by atoms with E-state index in [1.807, 2.05) is 13.1 Å². The largest absolute Gasteiger partial charge is 0.377 e. The van der Waals surface area contributed by atoms with Gasteiger partial charge in [0.1, 0.15) is 0 Å². The molecule has 0 radical (unpaired) electrons. The highest BCUT2D eigenvalue weighted by atomic mass is 79.9. The van der Waals surface area contributed by atoms with E-state index in [0.29, 0.717) is 6.61 Å². The Morgan fingerprint density at radius 2 is 2.29 bits per heavy atom. The summed E-state index contributed by atoms with van der Waals surface area (Å²) in [7, 11) is 1.95. The van der Waals surface area contributed by atoms with Gasteiger partial charge in [0, 0.05) is 17.6 Å². The summed E-state index contributed by atoms with van der Waals surface area (Å²) in [5.41, 5.74) is 2.47. The lowest BCUT2D eigenvalue weighted by atomic mass is 10.1. The van der Waals surface area contributed by atoms with E-state index in [4.69, 9.17) is 4.74 Å². The quantitative estimate of drug-likeness (QED) is 0.584. The van der Waals surface area contributed by atoms with Crippen LogP contribution in [0.2, 0.25) is 0 Å². The van der Waals surface area contributed by atoms with Crippen LogP contribution in [0.1, 0.15) is 24.0 Å². The van der Waals surface area contributed by atoms with Crippen molar-refractivity contribution < 1.29 is 4.74 Å². The van der Waals surface area contributed by atoms with Crippen molar-refractivity contribution in [3.63, 3.8) is 0 Å². The first-order valence-corrected chi connectivity index (χ1v) is 6.67. The normalized spacial score (nSPS) is 10.5. The lowest BCUT2D eigenvalue weighted by Gasteiger charge is -2.08. The first-order valence-electron chi connectivity index (χ1n) is 5.88. The molecule has 0 unspecified atom stereocenters. The van der Waals surface area contributed by atoms with Gasteiger partial charge in [0.15, 0.2) is 0 Å². The van der Waals surface area contributed by atoms with Gasteiger partial charge in [0.25, 0.3) is 0 Å². The van der Waals surface area contributed by atoms with E-state index in [1.54, 1.807) is 0 Å². The third-order valence-corrected chi connectivity index (χ3v) is 3.19. The van der Waals surface area contributed by atoms with E-state index in [2.05, 4.69) is 46.0 Å². The molecule has 0 aliphatic carbocycles. The van der Waals surface area contributed by atoms with Crippen molar-refractivity contribution in [2.75, 3.05) is 13.7 Å². The van der Waals surface area contributed by atoms with Crippen LogP contribution in [0.15, 0.2) is 35.3 Å². The van der Waals surface area contributed by atoms with Crippen molar-refractivity contribution in [3.05, 3.63) is 46.5 Å². The summed E-state index contributed by atoms with van der Waals surface area (Å²) in [6.45, 7) is 6.03. The van der Waals surface area contributed by atoms with Gasteiger partial charge in [-0.1, -0.05) is 34.1 Å². The Bertz CT molecular complexity index is 352. The number of allylic oxidation sites excluding steroid dienone is 1. The number of unbranched alkanes of at least 4 members (excludes halogenated alkanes) is 1. The maximum absolute atomic E-state index is 5.61. The Hall–Kier alpha value is -0.640. The highest BCUT2D eigenvalue weighted by molar-refractivity contribution is 9.10. The molecule has 0 aromatic heterocycles. The van der Waals surface area contributed by atoms with Gasteiger partial charge in [-0.3, -0.25) is 0 Å². The molecule has 0 aliphatic rings. The first-order chi connectivity index (χ1) is 8.27. The lowest BCUT2D eigenvalue weighted by Crippen LogP contribution is -2.05. The lowest BCUT2D eigenvalue weighted by molar-refractivity contribution is 0.118. The molecule has 0 aliphatic heterocycles. The number of halogens is 1. The van der Waals surface area contributed by atoms with Crippen molar-refractivity contribution in [2.45, 2.75) is 26.0 Å². The fourth-order valence-corrected chi connectivity index (χ4v) is 2.07. The SMILES string of the molecule is C=CCCCOCc1ccc(CNC)cc1Br. The Labute approximate surface area is 112 Å². The molecule has 0 spiro atoms. The molecular weight excluding hydrogens is 278 g/mol. The van der Waals surface area contributed by atoms with Gasteiger partial charge in [-0.15, -0.1) is 6.58 Å². The average Bonchev–Trinajstić information content (AvgIpc) is 2.32. The summed E-state index contributed by atoms with van der Waals surface area (Å²) >= 11 is 3.58. The van der Waals surface area contributed by atoms with Crippen molar-refractivity contribution in [1.29, 1.82) is 0 Å². The fourth-order valence-electron chi connectivity index (χ4n) is 1.53. The Morgan fingerprint density at radius 3 is 2.94 bits per heavy atom. The second kappa shape index (κ2) is 8.45. The highest BCUT2D eigenvalue weighted by Gasteiger charge is 2.01. The molecule has 17 heavy (non-hydrogen) atoms. The van der Waals surface area contributed by atoms with E-state index in [-0.39, 0.29) is 0 Å². The van der Waals surface area contributed by atoms with Crippen molar-refractivity contribution >= 4 is 15.9 Å². The summed E-state index contributed by atoms with van der Waals surface area (Å²) in [5.74, 6) is 0. The van der Waals surface area contributed by atoms with E-state index >= 15 is 0 Å². The summed E-state index contributed by atoms with van der Waals surface area (Å²) in [6.07, 6.45) is 3.98. The van der Waals surface area contributed by atoms with Crippen LogP contribution in [-0.4, -0.2) is 13.7 Å². The Kier molecular flexibility index (Phi) is 7.17.